The smallest absolute Gasteiger partial charge is 0.312 e. The molecule has 0 aliphatic heterocycles. The lowest BCUT2D eigenvalue weighted by Crippen LogP contribution is -2.90. The third kappa shape index (κ3) is 0.272. The van der Waals surface area contributed by atoms with Crippen molar-refractivity contribution in [2.24, 2.45) is 46.8 Å². The molecule has 6 aliphatic rings. The van der Waals surface area contributed by atoms with E-state index in [1.807, 2.05) is 0 Å². The molecule has 0 heterocycles. The Morgan fingerprint density at radius 2 is 1.92 bits per heavy atom. The van der Waals surface area contributed by atoms with Crippen molar-refractivity contribution in [3.05, 3.63) is 0 Å². The number of rotatable bonds is 1. The van der Waals surface area contributed by atoms with Crippen LogP contribution in [0, 0.1) is 46.8 Å². The predicted molar refractivity (Wildman–Crippen MR) is 43.5 cm³/mol. The van der Waals surface area contributed by atoms with E-state index in [1.165, 1.54) is 6.42 Å². The Balaban J connectivity index is 1.68. The maximum absolute atomic E-state index is 11.7. The number of hydrogen-bond donors (Lipinski definition) is 0. The standard InChI is InChI=1S/C11H12O2/c1-13-10(12)11-7-4-2-3-5(7)9(11)6(3)8(4)11/h3-9H,2H2,1H3/t3?,4?,5-,6-,7-,8-,9?,11?/m1/s1. The lowest BCUT2D eigenvalue weighted by molar-refractivity contribution is -0.430. The highest BCUT2D eigenvalue weighted by molar-refractivity contribution is 5.85. The molecule has 0 aromatic carbocycles. The van der Waals surface area contributed by atoms with Crippen LogP contribution in [0.1, 0.15) is 6.42 Å². The van der Waals surface area contributed by atoms with Gasteiger partial charge in [0, 0.05) is 0 Å². The summed E-state index contributed by atoms with van der Waals surface area (Å²) in [5.41, 5.74) is 0.0990. The fourth-order valence-corrected chi connectivity index (χ4v) is 6.47. The summed E-state index contributed by atoms with van der Waals surface area (Å²) in [6.07, 6.45) is 1.46. The molecule has 13 heavy (non-hydrogen) atoms. The number of esters is 1. The van der Waals surface area contributed by atoms with Crippen molar-refractivity contribution >= 4 is 5.97 Å². The second-order valence-corrected chi connectivity index (χ2v) is 5.72. The number of carbonyl (C=O) groups is 1. The van der Waals surface area contributed by atoms with Crippen molar-refractivity contribution in [2.45, 2.75) is 6.42 Å². The summed E-state index contributed by atoms with van der Waals surface area (Å²) >= 11 is 0. The van der Waals surface area contributed by atoms with Gasteiger partial charge in [-0.05, 0) is 47.8 Å². The second-order valence-electron chi connectivity index (χ2n) is 5.72. The molecule has 6 fully saturated rings. The van der Waals surface area contributed by atoms with E-state index in [9.17, 15) is 4.79 Å². The van der Waals surface area contributed by atoms with Gasteiger partial charge in [0.15, 0.2) is 0 Å². The number of hydrogen-bond acceptors (Lipinski definition) is 2. The van der Waals surface area contributed by atoms with Crippen LogP contribution in [0.3, 0.4) is 0 Å². The molecule has 2 heteroatoms. The minimum atomic E-state index is 0.0990. The fourth-order valence-electron chi connectivity index (χ4n) is 6.47. The molecule has 6 saturated carbocycles. The summed E-state index contributed by atoms with van der Waals surface area (Å²) in [4.78, 5) is 11.7. The van der Waals surface area contributed by atoms with Crippen LogP contribution in [0.25, 0.3) is 0 Å². The highest BCUT2D eigenvalue weighted by atomic mass is 16.5. The van der Waals surface area contributed by atoms with Gasteiger partial charge in [0.05, 0.1) is 12.5 Å². The first kappa shape index (κ1) is 6.05. The minimum absolute atomic E-state index is 0.0990. The Bertz CT molecular complexity index is 337. The molecule has 0 spiro atoms. The predicted octanol–water partition coefficient (Wildman–Crippen LogP) is 0.917. The van der Waals surface area contributed by atoms with Crippen LogP contribution in [-0.4, -0.2) is 13.1 Å². The van der Waals surface area contributed by atoms with E-state index >= 15 is 0 Å². The van der Waals surface area contributed by atoms with E-state index < -0.39 is 0 Å². The number of carbonyl (C=O) groups excluding carboxylic acids is 1. The first-order valence-electron chi connectivity index (χ1n) is 5.42. The van der Waals surface area contributed by atoms with E-state index in [0.717, 1.165) is 41.4 Å². The van der Waals surface area contributed by atoms with Crippen molar-refractivity contribution in [1.29, 1.82) is 0 Å². The van der Waals surface area contributed by atoms with Crippen molar-refractivity contribution in [2.75, 3.05) is 7.11 Å². The van der Waals surface area contributed by atoms with Crippen LogP contribution in [-0.2, 0) is 9.53 Å². The summed E-state index contributed by atoms with van der Waals surface area (Å²) < 4.78 is 4.98. The molecule has 0 aromatic rings. The molecular formula is C11H12O2. The van der Waals surface area contributed by atoms with Gasteiger partial charge in [0.2, 0.25) is 0 Å². The van der Waals surface area contributed by atoms with E-state index in [-0.39, 0.29) is 11.4 Å². The molecule has 0 aromatic heterocycles. The van der Waals surface area contributed by atoms with Gasteiger partial charge in [0.1, 0.15) is 0 Å². The average Bonchev–Trinajstić information content (AvgIpc) is 2.43. The topological polar surface area (TPSA) is 26.3 Å². The Labute approximate surface area is 76.6 Å². The summed E-state index contributed by atoms with van der Waals surface area (Å²) in [6, 6.07) is 0. The van der Waals surface area contributed by atoms with Gasteiger partial charge in [-0.1, -0.05) is 0 Å². The quantitative estimate of drug-likeness (QED) is 0.555. The number of ether oxygens (including phenoxy) is 1. The summed E-state index contributed by atoms with van der Waals surface area (Å²) in [6.45, 7) is 0. The first-order chi connectivity index (χ1) is 6.33. The van der Waals surface area contributed by atoms with Crippen molar-refractivity contribution in [3.63, 3.8) is 0 Å². The van der Waals surface area contributed by atoms with Crippen LogP contribution >= 0.6 is 0 Å². The SMILES string of the molecule is COC(=O)C12C3[C@@H]4C5CC([C@H]41)[C@@H]2[C@@H]53. The van der Waals surface area contributed by atoms with Gasteiger partial charge >= 0.3 is 5.97 Å². The second kappa shape index (κ2) is 1.27. The normalized spacial score (nSPS) is 77.2. The van der Waals surface area contributed by atoms with Crippen LogP contribution in [0.2, 0.25) is 0 Å². The zero-order valence-electron chi connectivity index (χ0n) is 7.57. The largest absolute Gasteiger partial charge is 0.469 e. The van der Waals surface area contributed by atoms with Crippen LogP contribution in [0.15, 0.2) is 0 Å². The summed E-state index contributed by atoms with van der Waals surface area (Å²) in [7, 11) is 1.56. The van der Waals surface area contributed by atoms with E-state index in [2.05, 4.69) is 0 Å². The van der Waals surface area contributed by atoms with Crippen molar-refractivity contribution in [3.8, 4) is 0 Å². The van der Waals surface area contributed by atoms with Gasteiger partial charge < -0.3 is 4.74 Å². The van der Waals surface area contributed by atoms with Crippen LogP contribution < -0.4 is 0 Å². The van der Waals surface area contributed by atoms with E-state index in [0.29, 0.717) is 0 Å². The lowest BCUT2D eigenvalue weighted by Gasteiger charge is -2.89. The zero-order valence-corrected chi connectivity index (χ0v) is 7.57. The molecule has 4 atom stereocenters. The highest BCUT2D eigenvalue weighted by Gasteiger charge is 3.00. The molecule has 2 nitrogen and oxygen atoms in total. The third-order valence-corrected chi connectivity index (χ3v) is 6.31. The monoisotopic (exact) mass is 176 g/mol. The van der Waals surface area contributed by atoms with E-state index in [1.54, 1.807) is 7.11 Å². The average molecular weight is 176 g/mol. The molecule has 0 unspecified atom stereocenters. The zero-order chi connectivity index (χ0) is 8.53. The van der Waals surface area contributed by atoms with Crippen molar-refractivity contribution in [1.82, 2.24) is 0 Å². The van der Waals surface area contributed by atoms with E-state index in [4.69, 9.17) is 4.74 Å². The Morgan fingerprint density at radius 3 is 2.46 bits per heavy atom. The highest BCUT2D eigenvalue weighted by Crippen LogP contribution is 2.99. The van der Waals surface area contributed by atoms with Gasteiger partial charge in [-0.2, -0.15) is 0 Å². The maximum atomic E-state index is 11.7. The molecule has 0 amide bonds. The van der Waals surface area contributed by atoms with Crippen LogP contribution in [0.4, 0.5) is 0 Å². The Hall–Kier alpha value is -0.530. The molecule has 0 N–H and O–H groups in total. The minimum Gasteiger partial charge on any atom is -0.469 e. The fraction of sp³-hybridized carbons (Fsp3) is 0.909. The number of methoxy groups -OCH3 is 1. The summed E-state index contributed by atoms with van der Waals surface area (Å²) in [5, 5.41) is 0. The van der Waals surface area contributed by atoms with Crippen molar-refractivity contribution < 1.29 is 9.53 Å². The third-order valence-electron chi connectivity index (χ3n) is 6.31. The molecule has 68 valence electrons. The van der Waals surface area contributed by atoms with Crippen LogP contribution in [0.5, 0.6) is 0 Å². The Morgan fingerprint density at radius 1 is 1.23 bits per heavy atom. The molecule has 0 saturated heterocycles. The summed E-state index contributed by atoms with van der Waals surface area (Å²) in [5.74, 6) is 6.43. The molecule has 6 rings (SSSR count). The van der Waals surface area contributed by atoms with Gasteiger partial charge in [0.25, 0.3) is 0 Å². The van der Waals surface area contributed by atoms with Gasteiger partial charge in [-0.15, -0.1) is 0 Å². The molecule has 6 aliphatic carbocycles. The molecule has 0 radical (unpaired) electrons. The molecule has 2 bridgehead atoms. The molecular weight excluding hydrogens is 164 g/mol. The first-order valence-corrected chi connectivity index (χ1v) is 5.42. The Kier molecular flexibility index (Phi) is 0.591. The lowest BCUT2D eigenvalue weighted by atomic mass is 9.13. The van der Waals surface area contributed by atoms with Gasteiger partial charge in [-0.25, -0.2) is 0 Å². The maximum Gasteiger partial charge on any atom is 0.312 e. The van der Waals surface area contributed by atoms with Gasteiger partial charge in [-0.3, -0.25) is 4.79 Å².